The Kier molecular flexibility index (Phi) is 5.05. The number of aromatic nitrogens is 1. The molecule has 1 aromatic heterocycles. The molecule has 0 spiro atoms. The summed E-state index contributed by atoms with van der Waals surface area (Å²) in [7, 11) is 1.27. The average molecular weight is 446 g/mol. The minimum absolute atomic E-state index is 0.0736. The Bertz CT molecular complexity index is 1340. The lowest BCUT2D eigenvalue weighted by molar-refractivity contribution is -0.136. The summed E-state index contributed by atoms with van der Waals surface area (Å²) >= 11 is 0. The summed E-state index contributed by atoms with van der Waals surface area (Å²) in [6, 6.07) is 16.6. The van der Waals surface area contributed by atoms with Gasteiger partial charge in [-0.15, -0.1) is 0 Å². The number of carbonyl (C=O) groups is 1. The van der Waals surface area contributed by atoms with Crippen LogP contribution in [-0.2, 0) is 16.1 Å². The topological polar surface area (TPSA) is 102 Å². The highest BCUT2D eigenvalue weighted by Crippen LogP contribution is 2.41. The molecule has 2 N–H and O–H groups in total. The van der Waals surface area contributed by atoms with Crippen molar-refractivity contribution in [3.8, 4) is 17.2 Å². The van der Waals surface area contributed by atoms with E-state index >= 15 is 0 Å². The Morgan fingerprint density at radius 2 is 1.85 bits per heavy atom. The highest BCUT2D eigenvalue weighted by molar-refractivity contribution is 5.92. The second kappa shape index (κ2) is 8.05. The molecule has 2 aliphatic rings. The maximum absolute atomic E-state index is 13.8. The van der Waals surface area contributed by atoms with Crippen molar-refractivity contribution in [1.29, 1.82) is 0 Å². The van der Waals surface area contributed by atoms with Crippen LogP contribution in [-0.4, -0.2) is 24.4 Å². The Morgan fingerprint density at radius 1 is 1.09 bits per heavy atom. The molecule has 168 valence electrons. The van der Waals surface area contributed by atoms with Crippen LogP contribution in [0.4, 0.5) is 0 Å². The molecule has 2 aliphatic heterocycles. The molecule has 33 heavy (non-hydrogen) atoms. The van der Waals surface area contributed by atoms with Gasteiger partial charge in [0.05, 0.1) is 25.1 Å². The number of ether oxygens (including phenoxy) is 4. The number of nitrogens with zero attached hydrogens (tertiary/aromatic N) is 1. The van der Waals surface area contributed by atoms with Gasteiger partial charge in [-0.3, -0.25) is 4.79 Å². The molecule has 5 rings (SSSR count). The van der Waals surface area contributed by atoms with Crippen molar-refractivity contribution < 1.29 is 23.7 Å². The van der Waals surface area contributed by atoms with Crippen molar-refractivity contribution in [3.05, 3.63) is 98.8 Å². The van der Waals surface area contributed by atoms with Crippen LogP contribution in [0.2, 0.25) is 0 Å². The van der Waals surface area contributed by atoms with E-state index in [1.54, 1.807) is 10.6 Å². The fraction of sp³-hybridized carbons (Fsp3) is 0.200. The van der Waals surface area contributed by atoms with Crippen LogP contribution in [0.3, 0.4) is 0 Å². The maximum Gasteiger partial charge on any atom is 0.340 e. The van der Waals surface area contributed by atoms with Crippen molar-refractivity contribution in [1.82, 2.24) is 4.57 Å². The normalized spacial score (nSPS) is 16.2. The van der Waals surface area contributed by atoms with Gasteiger partial charge in [0, 0.05) is 11.8 Å². The summed E-state index contributed by atoms with van der Waals surface area (Å²) in [5, 5.41) is 0. The van der Waals surface area contributed by atoms with Crippen molar-refractivity contribution in [2.75, 3.05) is 13.9 Å². The summed E-state index contributed by atoms with van der Waals surface area (Å²) in [6.45, 7) is 2.31. The molecule has 0 bridgehead atoms. The number of hydrogen-bond acceptors (Lipinski definition) is 7. The number of esters is 1. The van der Waals surface area contributed by atoms with E-state index in [1.165, 1.54) is 7.11 Å². The van der Waals surface area contributed by atoms with Gasteiger partial charge in [0.2, 0.25) is 12.7 Å². The SMILES string of the molecule is COC(=O)C1=C(N)Oc2cc(C)n(Cc3ccc4c(c3)OCO4)c(=O)c2[C@H]1c1ccccc1. The van der Waals surface area contributed by atoms with Gasteiger partial charge < -0.3 is 29.2 Å². The molecule has 1 atom stereocenters. The van der Waals surface area contributed by atoms with Crippen molar-refractivity contribution in [2.24, 2.45) is 5.73 Å². The second-order valence-electron chi connectivity index (χ2n) is 7.86. The summed E-state index contributed by atoms with van der Waals surface area (Å²) in [6.07, 6.45) is 0. The third-order valence-corrected chi connectivity index (χ3v) is 5.89. The highest BCUT2D eigenvalue weighted by Gasteiger charge is 2.38. The number of pyridine rings is 1. The quantitative estimate of drug-likeness (QED) is 0.615. The van der Waals surface area contributed by atoms with Crippen LogP contribution in [0, 0.1) is 6.92 Å². The molecule has 3 heterocycles. The minimum atomic E-state index is -0.724. The molecule has 0 radical (unpaired) electrons. The fourth-order valence-corrected chi connectivity index (χ4v) is 4.29. The summed E-state index contributed by atoms with van der Waals surface area (Å²) in [5.41, 5.74) is 8.60. The molecular weight excluding hydrogens is 424 g/mol. The van der Waals surface area contributed by atoms with Crippen LogP contribution in [0.1, 0.15) is 28.3 Å². The Morgan fingerprint density at radius 3 is 2.61 bits per heavy atom. The molecule has 0 amide bonds. The lowest BCUT2D eigenvalue weighted by Gasteiger charge is -2.29. The molecule has 0 saturated carbocycles. The predicted octanol–water partition coefficient (Wildman–Crippen LogP) is 2.80. The molecular formula is C25H22N2O6. The van der Waals surface area contributed by atoms with Crippen LogP contribution >= 0.6 is 0 Å². The Hall–Kier alpha value is -4.20. The largest absolute Gasteiger partial charge is 0.465 e. The Labute approximate surface area is 189 Å². The lowest BCUT2D eigenvalue weighted by Crippen LogP contribution is -2.35. The smallest absolute Gasteiger partial charge is 0.340 e. The number of methoxy groups -OCH3 is 1. The lowest BCUT2D eigenvalue weighted by atomic mass is 9.83. The predicted molar refractivity (Wildman–Crippen MR) is 119 cm³/mol. The molecule has 3 aromatic rings. The number of benzene rings is 2. The minimum Gasteiger partial charge on any atom is -0.465 e. The van der Waals surface area contributed by atoms with E-state index in [-0.39, 0.29) is 23.8 Å². The van der Waals surface area contributed by atoms with Crippen LogP contribution < -0.4 is 25.5 Å². The molecule has 8 heteroatoms. The molecule has 0 saturated heterocycles. The van der Waals surface area contributed by atoms with Crippen LogP contribution in [0.5, 0.6) is 17.2 Å². The zero-order chi connectivity index (χ0) is 23.1. The first-order valence-electron chi connectivity index (χ1n) is 10.4. The maximum atomic E-state index is 13.8. The van der Waals surface area contributed by atoms with E-state index in [2.05, 4.69) is 0 Å². The first-order valence-corrected chi connectivity index (χ1v) is 10.4. The Balaban J connectivity index is 1.66. The van der Waals surface area contributed by atoms with E-state index in [9.17, 15) is 9.59 Å². The third kappa shape index (κ3) is 3.49. The van der Waals surface area contributed by atoms with Crippen molar-refractivity contribution >= 4 is 5.97 Å². The standard InChI is InChI=1S/C25H22N2O6/c1-14-10-19-21(24(28)27(14)12-15-8-9-17-18(11-15)32-13-31-17)20(16-6-4-3-5-7-16)22(23(26)33-19)25(29)30-2/h3-11,20H,12-13,26H2,1-2H3/t20-/m1/s1. The van der Waals surface area contributed by atoms with E-state index in [0.29, 0.717) is 35.1 Å². The van der Waals surface area contributed by atoms with Crippen LogP contribution in [0.25, 0.3) is 0 Å². The zero-order valence-electron chi connectivity index (χ0n) is 18.2. The van der Waals surface area contributed by atoms with Crippen molar-refractivity contribution in [3.63, 3.8) is 0 Å². The summed E-state index contributed by atoms with van der Waals surface area (Å²) in [5.74, 6) is 0.209. The first kappa shape index (κ1) is 20.7. The first-order chi connectivity index (χ1) is 16.0. The summed E-state index contributed by atoms with van der Waals surface area (Å²) < 4.78 is 23.2. The van der Waals surface area contributed by atoms with E-state index < -0.39 is 11.9 Å². The molecule has 8 nitrogen and oxygen atoms in total. The van der Waals surface area contributed by atoms with Gasteiger partial charge in [0.1, 0.15) is 11.3 Å². The third-order valence-electron chi connectivity index (χ3n) is 5.89. The van der Waals surface area contributed by atoms with Crippen LogP contribution in [0.15, 0.2) is 70.8 Å². The van der Waals surface area contributed by atoms with Gasteiger partial charge in [0.15, 0.2) is 11.5 Å². The molecule has 0 unspecified atom stereocenters. The van der Waals surface area contributed by atoms with Gasteiger partial charge in [0.25, 0.3) is 5.56 Å². The molecule has 0 aliphatic carbocycles. The van der Waals surface area contributed by atoms with Gasteiger partial charge >= 0.3 is 5.97 Å². The van der Waals surface area contributed by atoms with Gasteiger partial charge in [-0.2, -0.15) is 0 Å². The molecule has 2 aromatic carbocycles. The van der Waals surface area contributed by atoms with E-state index in [0.717, 1.165) is 11.1 Å². The van der Waals surface area contributed by atoms with E-state index in [4.69, 9.17) is 24.7 Å². The number of rotatable bonds is 4. The van der Waals surface area contributed by atoms with Gasteiger partial charge in [-0.05, 0) is 30.2 Å². The van der Waals surface area contributed by atoms with Crippen molar-refractivity contribution in [2.45, 2.75) is 19.4 Å². The number of hydrogen-bond donors (Lipinski definition) is 1. The number of carbonyl (C=O) groups excluding carboxylic acids is 1. The number of aryl methyl sites for hydroxylation is 1. The summed E-state index contributed by atoms with van der Waals surface area (Å²) in [4.78, 5) is 26.5. The monoisotopic (exact) mass is 446 g/mol. The highest BCUT2D eigenvalue weighted by atomic mass is 16.7. The second-order valence-corrected chi connectivity index (χ2v) is 7.86. The number of nitrogens with two attached hydrogens (primary N) is 1. The average Bonchev–Trinajstić information content (AvgIpc) is 3.29. The van der Waals surface area contributed by atoms with E-state index in [1.807, 2.05) is 55.5 Å². The van der Waals surface area contributed by atoms with Gasteiger partial charge in [-0.1, -0.05) is 36.4 Å². The fourth-order valence-electron chi connectivity index (χ4n) is 4.29. The zero-order valence-corrected chi connectivity index (χ0v) is 18.2. The molecule has 0 fully saturated rings. The number of fused-ring (bicyclic) bond motifs is 2. The van der Waals surface area contributed by atoms with Gasteiger partial charge in [-0.25, -0.2) is 4.79 Å².